The first kappa shape index (κ1) is 14.0. The van der Waals surface area contributed by atoms with Crippen LogP contribution in [0.4, 0.5) is 0 Å². The van der Waals surface area contributed by atoms with Crippen LogP contribution in [-0.2, 0) is 14.8 Å². The first-order valence-electron chi connectivity index (χ1n) is 5.36. The molecule has 96 valence electrons. The maximum Gasteiger partial charge on any atom is 0.240 e. The summed E-state index contributed by atoms with van der Waals surface area (Å²) in [4.78, 5) is 0.124. The SMILES string of the molecule is CCOC(C)CNS(=O)(=O)c1ccc(O)cc1. The van der Waals surface area contributed by atoms with Crippen molar-refractivity contribution in [3.8, 4) is 5.75 Å². The van der Waals surface area contributed by atoms with Crippen LogP contribution in [0.3, 0.4) is 0 Å². The Morgan fingerprint density at radius 2 is 1.94 bits per heavy atom. The van der Waals surface area contributed by atoms with E-state index >= 15 is 0 Å². The van der Waals surface area contributed by atoms with Gasteiger partial charge in [-0.25, -0.2) is 13.1 Å². The first-order chi connectivity index (χ1) is 7.95. The van der Waals surface area contributed by atoms with Crippen molar-refractivity contribution in [2.24, 2.45) is 0 Å². The Bertz CT molecular complexity index is 441. The van der Waals surface area contributed by atoms with E-state index in [1.165, 1.54) is 24.3 Å². The van der Waals surface area contributed by atoms with Crippen molar-refractivity contribution in [2.75, 3.05) is 13.2 Å². The van der Waals surface area contributed by atoms with Crippen LogP contribution in [0.2, 0.25) is 0 Å². The maximum atomic E-state index is 11.8. The van der Waals surface area contributed by atoms with Gasteiger partial charge in [0.2, 0.25) is 10.0 Å². The molecule has 6 heteroatoms. The van der Waals surface area contributed by atoms with E-state index < -0.39 is 10.0 Å². The zero-order valence-electron chi connectivity index (χ0n) is 9.88. The number of phenols is 1. The molecule has 0 heterocycles. The molecule has 2 N–H and O–H groups in total. The lowest BCUT2D eigenvalue weighted by atomic mass is 10.3. The molecule has 0 fully saturated rings. The standard InChI is InChI=1S/C11H17NO4S/c1-3-16-9(2)8-12-17(14,15)11-6-4-10(13)5-7-11/h4-7,9,12-13H,3,8H2,1-2H3. The van der Waals surface area contributed by atoms with Gasteiger partial charge >= 0.3 is 0 Å². The summed E-state index contributed by atoms with van der Waals surface area (Å²) >= 11 is 0. The van der Waals surface area contributed by atoms with Crippen molar-refractivity contribution in [3.63, 3.8) is 0 Å². The number of benzene rings is 1. The van der Waals surface area contributed by atoms with Gasteiger partial charge in [-0.2, -0.15) is 0 Å². The molecule has 1 aromatic rings. The van der Waals surface area contributed by atoms with Gasteiger partial charge in [-0.3, -0.25) is 0 Å². The predicted molar refractivity (Wildman–Crippen MR) is 64.4 cm³/mol. The highest BCUT2D eigenvalue weighted by Gasteiger charge is 2.14. The number of aromatic hydroxyl groups is 1. The Morgan fingerprint density at radius 3 is 2.47 bits per heavy atom. The fourth-order valence-corrected chi connectivity index (χ4v) is 2.39. The third-order valence-electron chi connectivity index (χ3n) is 2.16. The van der Waals surface area contributed by atoms with Gasteiger partial charge in [-0.15, -0.1) is 0 Å². The summed E-state index contributed by atoms with van der Waals surface area (Å²) in [5.74, 6) is 0.0339. The predicted octanol–water partition coefficient (Wildman–Crippen LogP) is 1.10. The summed E-state index contributed by atoms with van der Waals surface area (Å²) in [6.07, 6.45) is -0.174. The minimum absolute atomic E-state index is 0.0339. The summed E-state index contributed by atoms with van der Waals surface area (Å²) in [5.41, 5.74) is 0. The molecule has 0 aromatic heterocycles. The van der Waals surface area contributed by atoms with E-state index in [1.807, 2.05) is 6.92 Å². The lowest BCUT2D eigenvalue weighted by Gasteiger charge is -2.12. The molecule has 1 rings (SSSR count). The van der Waals surface area contributed by atoms with Crippen LogP contribution in [0.15, 0.2) is 29.2 Å². The van der Waals surface area contributed by atoms with Crippen LogP contribution in [0.1, 0.15) is 13.8 Å². The van der Waals surface area contributed by atoms with Gasteiger partial charge in [0.05, 0.1) is 11.0 Å². The van der Waals surface area contributed by atoms with E-state index in [0.717, 1.165) is 0 Å². The molecule has 5 nitrogen and oxygen atoms in total. The molecule has 1 aromatic carbocycles. The van der Waals surface area contributed by atoms with Crippen LogP contribution in [-0.4, -0.2) is 32.8 Å². The van der Waals surface area contributed by atoms with Crippen molar-refractivity contribution in [3.05, 3.63) is 24.3 Å². The number of hydrogen-bond donors (Lipinski definition) is 2. The zero-order chi connectivity index (χ0) is 12.9. The van der Waals surface area contributed by atoms with Gasteiger partial charge in [-0.1, -0.05) is 0 Å². The first-order valence-corrected chi connectivity index (χ1v) is 6.84. The summed E-state index contributed by atoms with van der Waals surface area (Å²) < 4.78 is 31.3. The second kappa shape index (κ2) is 6.00. The van der Waals surface area contributed by atoms with Gasteiger partial charge in [0.15, 0.2) is 0 Å². The third kappa shape index (κ3) is 4.33. The Kier molecular flexibility index (Phi) is 4.92. The number of sulfonamides is 1. The molecule has 0 amide bonds. The largest absolute Gasteiger partial charge is 0.508 e. The lowest BCUT2D eigenvalue weighted by molar-refractivity contribution is 0.0799. The lowest BCUT2D eigenvalue weighted by Crippen LogP contribution is -2.32. The molecule has 0 radical (unpaired) electrons. The molecule has 0 spiro atoms. The Morgan fingerprint density at radius 1 is 1.35 bits per heavy atom. The average Bonchev–Trinajstić information content (AvgIpc) is 2.28. The van der Waals surface area contributed by atoms with Gasteiger partial charge in [0, 0.05) is 13.2 Å². The molecular weight excluding hydrogens is 242 g/mol. The number of rotatable bonds is 6. The smallest absolute Gasteiger partial charge is 0.240 e. The molecule has 0 bridgehead atoms. The minimum Gasteiger partial charge on any atom is -0.508 e. The van der Waals surface area contributed by atoms with E-state index in [2.05, 4.69) is 4.72 Å². The van der Waals surface area contributed by atoms with Crippen LogP contribution >= 0.6 is 0 Å². The number of phenolic OH excluding ortho intramolecular Hbond substituents is 1. The molecule has 0 aliphatic rings. The van der Waals surface area contributed by atoms with E-state index in [4.69, 9.17) is 9.84 Å². The van der Waals surface area contributed by atoms with Gasteiger partial charge in [0.25, 0.3) is 0 Å². The van der Waals surface area contributed by atoms with Gasteiger partial charge < -0.3 is 9.84 Å². The minimum atomic E-state index is -3.53. The van der Waals surface area contributed by atoms with Crippen LogP contribution in [0.25, 0.3) is 0 Å². The molecule has 0 saturated heterocycles. The van der Waals surface area contributed by atoms with Crippen LogP contribution in [0, 0.1) is 0 Å². The molecule has 17 heavy (non-hydrogen) atoms. The molecule has 0 saturated carbocycles. The van der Waals surface area contributed by atoms with E-state index in [-0.39, 0.29) is 23.3 Å². The topological polar surface area (TPSA) is 75.6 Å². The van der Waals surface area contributed by atoms with Gasteiger partial charge in [0.1, 0.15) is 5.75 Å². The monoisotopic (exact) mass is 259 g/mol. The van der Waals surface area contributed by atoms with Crippen molar-refractivity contribution < 1.29 is 18.3 Å². The van der Waals surface area contributed by atoms with Crippen molar-refractivity contribution in [1.29, 1.82) is 0 Å². The highest BCUT2D eigenvalue weighted by molar-refractivity contribution is 7.89. The van der Waals surface area contributed by atoms with Crippen molar-refractivity contribution in [1.82, 2.24) is 4.72 Å². The molecule has 1 atom stereocenters. The highest BCUT2D eigenvalue weighted by atomic mass is 32.2. The Labute approximate surface area is 101 Å². The van der Waals surface area contributed by atoms with Crippen LogP contribution in [0.5, 0.6) is 5.75 Å². The number of hydrogen-bond acceptors (Lipinski definition) is 4. The third-order valence-corrected chi connectivity index (χ3v) is 3.60. The maximum absolute atomic E-state index is 11.8. The molecule has 0 aliphatic heterocycles. The summed E-state index contributed by atoms with van der Waals surface area (Å²) in [5, 5.41) is 9.08. The van der Waals surface area contributed by atoms with E-state index in [1.54, 1.807) is 6.92 Å². The average molecular weight is 259 g/mol. The Balaban J connectivity index is 2.66. The molecule has 1 unspecified atom stereocenters. The summed E-state index contributed by atoms with van der Waals surface area (Å²) in [6, 6.07) is 5.37. The van der Waals surface area contributed by atoms with E-state index in [0.29, 0.717) is 6.61 Å². The van der Waals surface area contributed by atoms with Crippen LogP contribution < -0.4 is 4.72 Å². The second-order valence-electron chi connectivity index (χ2n) is 3.61. The quantitative estimate of drug-likeness (QED) is 0.802. The normalized spacial score (nSPS) is 13.5. The summed E-state index contributed by atoms with van der Waals surface area (Å²) in [6.45, 7) is 4.41. The molecular formula is C11H17NO4S. The highest BCUT2D eigenvalue weighted by Crippen LogP contribution is 2.13. The fraction of sp³-hybridized carbons (Fsp3) is 0.455. The molecule has 0 aliphatic carbocycles. The second-order valence-corrected chi connectivity index (χ2v) is 5.38. The van der Waals surface area contributed by atoms with Gasteiger partial charge in [-0.05, 0) is 38.1 Å². The number of ether oxygens (including phenoxy) is 1. The van der Waals surface area contributed by atoms with Crippen molar-refractivity contribution in [2.45, 2.75) is 24.8 Å². The van der Waals surface area contributed by atoms with Crippen molar-refractivity contribution >= 4 is 10.0 Å². The van der Waals surface area contributed by atoms with E-state index in [9.17, 15) is 8.42 Å². The Hall–Kier alpha value is -1.11. The fourth-order valence-electron chi connectivity index (χ4n) is 1.28. The zero-order valence-corrected chi connectivity index (χ0v) is 10.7. The summed E-state index contributed by atoms with van der Waals surface area (Å²) in [7, 11) is -3.53. The number of nitrogens with one attached hydrogen (secondary N) is 1.